The third-order valence-electron chi connectivity index (χ3n) is 4.19. The molecule has 0 atom stereocenters. The minimum absolute atomic E-state index is 0.0688. The van der Waals surface area contributed by atoms with E-state index in [0.29, 0.717) is 12.8 Å². The van der Waals surface area contributed by atoms with Crippen LogP contribution in [0.2, 0.25) is 0 Å². The molecule has 2 nitrogen and oxygen atoms in total. The second-order valence-electron chi connectivity index (χ2n) is 6.57. The molecule has 0 saturated carbocycles. The van der Waals surface area contributed by atoms with Gasteiger partial charge in [-0.15, -0.1) is 0 Å². The maximum absolute atomic E-state index is 11.2. The van der Waals surface area contributed by atoms with E-state index in [0.717, 1.165) is 12.8 Å². The number of unbranched alkanes of at least 4 members (excludes halogenated alkanes) is 13. The van der Waals surface area contributed by atoms with Crippen LogP contribution in [0, 0.1) is 23.7 Å². The van der Waals surface area contributed by atoms with Crippen LogP contribution in [0.4, 0.5) is 0 Å². The van der Waals surface area contributed by atoms with Gasteiger partial charge in [0.2, 0.25) is 0 Å². The van der Waals surface area contributed by atoms with Crippen molar-refractivity contribution in [3.63, 3.8) is 0 Å². The molecule has 0 saturated heterocycles. The molecule has 0 radical (unpaired) electrons. The van der Waals surface area contributed by atoms with Gasteiger partial charge >= 0.3 is 5.97 Å². The van der Waals surface area contributed by atoms with Crippen LogP contribution in [0.15, 0.2) is 0 Å². The molecule has 142 valence electrons. The van der Waals surface area contributed by atoms with Crippen LogP contribution in [0.5, 0.6) is 0 Å². The zero-order valence-electron chi connectivity index (χ0n) is 19.1. The number of rotatable bonds is 15. The molecule has 0 amide bonds. The Bertz CT molecular complexity index is 504. The summed E-state index contributed by atoms with van der Waals surface area (Å²) in [5.74, 6) is 10.8. The molecule has 0 aromatic heterocycles. The maximum atomic E-state index is 11.2. The van der Waals surface area contributed by atoms with Crippen LogP contribution in [0.3, 0.4) is 0 Å². The van der Waals surface area contributed by atoms with E-state index in [1.54, 1.807) is 0 Å². The summed E-state index contributed by atoms with van der Waals surface area (Å²) in [5, 5.41) is 0. The molecule has 0 unspecified atom stereocenters. The van der Waals surface area contributed by atoms with Gasteiger partial charge in [0, 0.05) is 19.3 Å². The summed E-state index contributed by atoms with van der Waals surface area (Å²) in [6, 6.07) is 0. The average molecular weight is 350 g/mol. The fourth-order valence-corrected chi connectivity index (χ4v) is 2.64. The lowest BCUT2D eigenvalue weighted by atomic mass is 10.0. The van der Waals surface area contributed by atoms with Crippen LogP contribution >= 0.6 is 0 Å². The number of carbonyl (C=O) groups is 1. The smallest absolute Gasteiger partial charge is 0.305 e. The van der Waals surface area contributed by atoms with Gasteiger partial charge < -0.3 is 4.74 Å². The Balaban J connectivity index is 3.38. The molecule has 0 aliphatic rings. The van der Waals surface area contributed by atoms with Crippen molar-refractivity contribution < 1.29 is 13.6 Å². The molecule has 0 fully saturated rings. The highest BCUT2D eigenvalue weighted by atomic mass is 16.5. The summed E-state index contributed by atoms with van der Waals surface area (Å²) >= 11 is 0. The minimum Gasteiger partial charge on any atom is -0.469 e. The Morgan fingerprint density at radius 2 is 1.24 bits per heavy atom. The summed E-state index contributed by atoms with van der Waals surface area (Å²) < 4.78 is 24.7. The average Bonchev–Trinajstić information content (AvgIpc) is 2.62. The molecule has 0 rings (SSSR count). The lowest BCUT2D eigenvalue weighted by Gasteiger charge is -2.01. The standard InChI is InChI=1S/C23H38O2/c1-3-4-5-6-7-8-9-10-11-12-13-14-15-16-17-18-19-20-21-22-23(24)25-2/h3-15,20-22H2,1-2H3/i2D3. The van der Waals surface area contributed by atoms with E-state index in [4.69, 9.17) is 4.11 Å². The predicted molar refractivity (Wildman–Crippen MR) is 107 cm³/mol. The van der Waals surface area contributed by atoms with Crippen molar-refractivity contribution in [1.82, 2.24) is 0 Å². The number of methoxy groups -OCH3 is 1. The molecular weight excluding hydrogens is 308 g/mol. The monoisotopic (exact) mass is 349 g/mol. The van der Waals surface area contributed by atoms with E-state index in [1.165, 1.54) is 70.6 Å². The van der Waals surface area contributed by atoms with E-state index in [-0.39, 0.29) is 6.42 Å². The second-order valence-corrected chi connectivity index (χ2v) is 6.57. The second kappa shape index (κ2) is 20.6. The normalized spacial score (nSPS) is 12.0. The van der Waals surface area contributed by atoms with E-state index in [2.05, 4.69) is 35.3 Å². The zero-order valence-corrected chi connectivity index (χ0v) is 16.1. The molecule has 0 aliphatic carbocycles. The van der Waals surface area contributed by atoms with Crippen molar-refractivity contribution in [2.75, 3.05) is 7.04 Å². The van der Waals surface area contributed by atoms with Crippen LogP contribution < -0.4 is 0 Å². The van der Waals surface area contributed by atoms with Gasteiger partial charge in [0.05, 0.1) is 11.2 Å². The predicted octanol–water partition coefficient (Wildman–Crippen LogP) is 6.43. The number of carbonyl (C=O) groups excluding carboxylic acids is 1. The molecular formula is C23H38O2. The molecule has 0 heterocycles. The SMILES string of the molecule is [2H]C([2H])([2H])OC(=O)CCCC#CC#CCCCCCCCCCCCCCC. The first-order valence-electron chi connectivity index (χ1n) is 11.6. The Hall–Kier alpha value is -1.41. The highest BCUT2D eigenvalue weighted by molar-refractivity contribution is 5.69. The van der Waals surface area contributed by atoms with Crippen LogP contribution in [0.1, 0.15) is 114 Å². The van der Waals surface area contributed by atoms with Crippen LogP contribution in [-0.2, 0) is 9.53 Å². The molecule has 0 aromatic rings. The minimum atomic E-state index is -2.65. The van der Waals surface area contributed by atoms with Crippen molar-refractivity contribution >= 4 is 5.97 Å². The highest BCUT2D eigenvalue weighted by Crippen LogP contribution is 2.12. The molecule has 0 N–H and O–H groups in total. The fraction of sp³-hybridized carbons (Fsp3) is 0.783. The van der Waals surface area contributed by atoms with E-state index >= 15 is 0 Å². The van der Waals surface area contributed by atoms with Gasteiger partial charge in [-0.2, -0.15) is 0 Å². The first-order valence-corrected chi connectivity index (χ1v) is 10.1. The summed E-state index contributed by atoms with van der Waals surface area (Å²) in [7, 11) is -2.65. The zero-order chi connectivity index (χ0) is 20.9. The third-order valence-corrected chi connectivity index (χ3v) is 4.19. The van der Waals surface area contributed by atoms with Crippen molar-refractivity contribution in [1.29, 1.82) is 0 Å². The maximum Gasteiger partial charge on any atom is 0.305 e. The topological polar surface area (TPSA) is 26.3 Å². The van der Waals surface area contributed by atoms with Crippen molar-refractivity contribution in [2.24, 2.45) is 0 Å². The van der Waals surface area contributed by atoms with Gasteiger partial charge in [0.25, 0.3) is 0 Å². The molecule has 2 heteroatoms. The van der Waals surface area contributed by atoms with Gasteiger partial charge in [-0.1, -0.05) is 89.4 Å². The van der Waals surface area contributed by atoms with Crippen LogP contribution in [-0.4, -0.2) is 13.0 Å². The van der Waals surface area contributed by atoms with Crippen molar-refractivity contribution in [3.8, 4) is 23.7 Å². The fourth-order valence-electron chi connectivity index (χ4n) is 2.64. The summed E-state index contributed by atoms with van der Waals surface area (Å²) in [4.78, 5) is 11.2. The third kappa shape index (κ3) is 20.5. The molecule has 0 aliphatic heterocycles. The summed E-state index contributed by atoms with van der Waals surface area (Å²) in [6.07, 6.45) is 18.1. The quantitative estimate of drug-likeness (QED) is 0.193. The first kappa shape index (κ1) is 18.4. The first-order chi connectivity index (χ1) is 13.5. The van der Waals surface area contributed by atoms with E-state index in [9.17, 15) is 4.79 Å². The molecule has 25 heavy (non-hydrogen) atoms. The van der Waals surface area contributed by atoms with E-state index < -0.39 is 13.0 Å². The Morgan fingerprint density at radius 3 is 1.76 bits per heavy atom. The Morgan fingerprint density at radius 1 is 0.760 bits per heavy atom. The van der Waals surface area contributed by atoms with E-state index in [1.807, 2.05) is 0 Å². The van der Waals surface area contributed by atoms with Crippen molar-refractivity contribution in [3.05, 3.63) is 0 Å². The Labute approximate surface area is 160 Å². The highest BCUT2D eigenvalue weighted by Gasteiger charge is 1.96. The largest absolute Gasteiger partial charge is 0.469 e. The summed E-state index contributed by atoms with van der Waals surface area (Å²) in [6.45, 7) is 2.26. The van der Waals surface area contributed by atoms with Gasteiger partial charge in [-0.3, -0.25) is 4.79 Å². The van der Waals surface area contributed by atoms with Crippen molar-refractivity contribution in [2.45, 2.75) is 110 Å². The molecule has 0 aromatic carbocycles. The van der Waals surface area contributed by atoms with Gasteiger partial charge in [-0.25, -0.2) is 0 Å². The Kier molecular flexibility index (Phi) is 15.2. The number of ether oxygens (including phenoxy) is 1. The lowest BCUT2D eigenvalue weighted by molar-refractivity contribution is -0.140. The van der Waals surface area contributed by atoms with Gasteiger partial charge in [0.1, 0.15) is 0 Å². The molecule has 0 spiro atoms. The molecule has 0 bridgehead atoms. The number of esters is 1. The number of hydrogen-bond acceptors (Lipinski definition) is 2. The van der Waals surface area contributed by atoms with Gasteiger partial charge in [0.15, 0.2) is 0 Å². The lowest BCUT2D eigenvalue weighted by Crippen LogP contribution is -1.98. The number of hydrogen-bond donors (Lipinski definition) is 0. The van der Waals surface area contributed by atoms with Gasteiger partial charge in [-0.05, 0) is 24.7 Å². The van der Waals surface area contributed by atoms with Crippen LogP contribution in [0.25, 0.3) is 0 Å². The summed E-state index contributed by atoms with van der Waals surface area (Å²) in [5.41, 5.74) is 0.